The average molecular weight is 485 g/mol. The molecule has 6 N–H and O–H groups in total. The van der Waals surface area contributed by atoms with Crippen LogP contribution < -0.4 is 20.1 Å². The summed E-state index contributed by atoms with van der Waals surface area (Å²) in [6.07, 6.45) is -4.70. The third-order valence-corrected chi connectivity index (χ3v) is 6.77. The molecule has 0 bridgehead atoms. The Morgan fingerprint density at radius 1 is 1.11 bits per heavy atom. The van der Waals surface area contributed by atoms with Crippen LogP contribution in [0.2, 0.25) is 0 Å². The molecule has 0 aromatic heterocycles. The first-order chi connectivity index (χ1) is 16.7. The van der Waals surface area contributed by atoms with E-state index < -0.39 is 53.9 Å². The van der Waals surface area contributed by atoms with Crippen molar-refractivity contribution in [1.29, 1.82) is 0 Å². The van der Waals surface area contributed by atoms with Crippen LogP contribution in [-0.4, -0.2) is 88.4 Å². The van der Waals surface area contributed by atoms with Crippen LogP contribution in [0, 0.1) is 0 Å². The Labute approximate surface area is 200 Å². The predicted octanol–water partition coefficient (Wildman–Crippen LogP) is -0.727. The monoisotopic (exact) mass is 485 g/mol. The summed E-state index contributed by atoms with van der Waals surface area (Å²) in [4.78, 5) is 28.0. The zero-order valence-electron chi connectivity index (χ0n) is 19.1. The van der Waals surface area contributed by atoms with Crippen molar-refractivity contribution in [2.24, 2.45) is 0 Å². The molecule has 3 aliphatic rings. The van der Waals surface area contributed by atoms with Gasteiger partial charge in [0.2, 0.25) is 12.5 Å². The summed E-state index contributed by atoms with van der Waals surface area (Å²) >= 11 is 0. The minimum atomic E-state index is -1.63. The Kier molecular flexibility index (Phi) is 5.80. The van der Waals surface area contributed by atoms with Gasteiger partial charge in [0.05, 0.1) is 17.6 Å². The van der Waals surface area contributed by atoms with Crippen molar-refractivity contribution in [3.8, 4) is 17.2 Å². The van der Waals surface area contributed by atoms with E-state index in [1.807, 2.05) is 31.1 Å². The maximum atomic E-state index is 13.1. The molecule has 6 atom stereocenters. The fourth-order valence-electron chi connectivity index (χ4n) is 5.14. The van der Waals surface area contributed by atoms with Crippen LogP contribution in [0.1, 0.15) is 37.8 Å². The van der Waals surface area contributed by atoms with E-state index in [1.165, 1.54) is 6.07 Å². The molecule has 0 saturated heterocycles. The van der Waals surface area contributed by atoms with Crippen LogP contribution in [0.3, 0.4) is 0 Å². The van der Waals surface area contributed by atoms with Crippen LogP contribution in [0.15, 0.2) is 30.3 Å². The molecule has 1 fully saturated rings. The number of hydrogen-bond acceptors (Lipinski definition) is 9. The smallest absolute Gasteiger partial charge is 0.255 e. The van der Waals surface area contributed by atoms with Crippen LogP contribution in [0.5, 0.6) is 17.2 Å². The summed E-state index contributed by atoms with van der Waals surface area (Å²) in [6.45, 7) is 0.558. The Balaban J connectivity index is 1.51. The highest BCUT2D eigenvalue weighted by molar-refractivity contribution is 6.02. The number of aliphatic hydroxyl groups is 3. The van der Waals surface area contributed by atoms with E-state index in [9.17, 15) is 30.0 Å². The van der Waals surface area contributed by atoms with Gasteiger partial charge in [0.15, 0.2) is 11.5 Å². The van der Waals surface area contributed by atoms with Crippen molar-refractivity contribution in [3.63, 3.8) is 0 Å². The molecule has 0 radical (unpaired) electrons. The fraction of sp³-hybridized carbons (Fsp3) is 0.417. The fourth-order valence-corrected chi connectivity index (χ4v) is 5.14. The van der Waals surface area contributed by atoms with Gasteiger partial charge in [-0.3, -0.25) is 9.59 Å². The van der Waals surface area contributed by atoms with Crippen molar-refractivity contribution >= 4 is 11.8 Å². The first kappa shape index (κ1) is 23.4. The van der Waals surface area contributed by atoms with Gasteiger partial charge in [-0.05, 0) is 43.4 Å². The maximum Gasteiger partial charge on any atom is 0.255 e. The molecule has 2 heterocycles. The predicted molar refractivity (Wildman–Crippen MR) is 121 cm³/mol. The molecule has 1 saturated carbocycles. The molecule has 186 valence electrons. The number of hydrogen-bond donors (Lipinski definition) is 6. The molecule has 1 aliphatic carbocycles. The Hall–Kier alpha value is -3.38. The first-order valence-corrected chi connectivity index (χ1v) is 11.2. The highest BCUT2D eigenvalue weighted by Crippen LogP contribution is 2.50. The number of phenolic OH excluding ortho intramolecular Hbond substituents is 1. The van der Waals surface area contributed by atoms with E-state index in [1.54, 1.807) is 12.1 Å². The Morgan fingerprint density at radius 2 is 1.83 bits per heavy atom. The highest BCUT2D eigenvalue weighted by Gasteiger charge is 2.54. The summed E-state index contributed by atoms with van der Waals surface area (Å²) in [5.74, 6) is -2.27. The summed E-state index contributed by atoms with van der Waals surface area (Å²) < 4.78 is 10.6. The number of nitrogens with zero attached hydrogens (tertiary/aromatic N) is 1. The molecule has 2 amide bonds. The molecule has 2 aliphatic heterocycles. The lowest BCUT2D eigenvalue weighted by Crippen LogP contribution is -2.69. The summed E-state index contributed by atoms with van der Waals surface area (Å²) in [5, 5.41) is 48.1. The number of benzene rings is 2. The number of ether oxygens (including phenoxy) is 2. The molecule has 35 heavy (non-hydrogen) atoms. The average Bonchev–Trinajstić information content (AvgIpc) is 3.29. The van der Waals surface area contributed by atoms with Gasteiger partial charge in [-0.2, -0.15) is 0 Å². The number of carbonyl (C=O) groups excluding carboxylic acids is 2. The van der Waals surface area contributed by atoms with Crippen LogP contribution in [0.4, 0.5) is 0 Å². The maximum absolute atomic E-state index is 13.1. The Morgan fingerprint density at radius 3 is 2.51 bits per heavy atom. The molecule has 0 spiro atoms. The van der Waals surface area contributed by atoms with Gasteiger partial charge in [0.1, 0.15) is 18.3 Å². The zero-order chi connectivity index (χ0) is 25.0. The lowest BCUT2D eigenvalue weighted by Gasteiger charge is -2.49. The molecule has 11 nitrogen and oxygen atoms in total. The number of carbonyl (C=O) groups is 2. The number of nitrogens with one attached hydrogen (secondary N) is 2. The second-order valence-electron chi connectivity index (χ2n) is 9.35. The van der Waals surface area contributed by atoms with Crippen molar-refractivity contribution in [3.05, 3.63) is 52.6 Å². The third-order valence-electron chi connectivity index (χ3n) is 6.77. The molecule has 2 aromatic rings. The summed E-state index contributed by atoms with van der Waals surface area (Å²) in [5.41, 5.74) is 1.51. The van der Waals surface area contributed by atoms with Gasteiger partial charge in [-0.25, -0.2) is 0 Å². The highest BCUT2D eigenvalue weighted by atomic mass is 16.7. The number of aromatic hydroxyl groups is 1. The first-order valence-electron chi connectivity index (χ1n) is 11.2. The molecule has 11 heteroatoms. The van der Waals surface area contributed by atoms with Crippen LogP contribution in [0.25, 0.3) is 0 Å². The van der Waals surface area contributed by atoms with E-state index >= 15 is 0 Å². The topological polar surface area (TPSA) is 161 Å². The van der Waals surface area contributed by atoms with E-state index in [-0.39, 0.29) is 29.4 Å². The van der Waals surface area contributed by atoms with Gasteiger partial charge in [-0.15, -0.1) is 0 Å². The normalized spacial score (nSPS) is 28.8. The molecule has 0 unspecified atom stereocenters. The number of amides is 2. The number of rotatable bonds is 4. The molecular formula is C24H27N3O8. The standard InChI is InChI=1S/C24H27N3O8/c1-27(2)8-10-3-5-11(6-4-10)23(32)25-16-14-12-7-13-22(35-9-34-13)18(28)15(12)24(33)26-17(14)20(30)21(31)19(16)29/h3-7,14,16-17,19-21,28-31H,8-9H2,1-2H3,(H,25,32)(H,26,33)/t14-,16+,17+,19-,20-,21+/m0/s1. The zero-order valence-corrected chi connectivity index (χ0v) is 19.1. The van der Waals surface area contributed by atoms with Crippen molar-refractivity contribution < 1.29 is 39.5 Å². The molecule has 5 rings (SSSR count). The van der Waals surface area contributed by atoms with Gasteiger partial charge in [0, 0.05) is 18.0 Å². The quantitative estimate of drug-likeness (QED) is 0.328. The summed E-state index contributed by atoms with van der Waals surface area (Å²) in [7, 11) is 3.87. The van der Waals surface area contributed by atoms with Crippen molar-refractivity contribution in [2.45, 2.75) is 42.9 Å². The van der Waals surface area contributed by atoms with E-state index in [2.05, 4.69) is 10.6 Å². The van der Waals surface area contributed by atoms with E-state index in [0.29, 0.717) is 12.1 Å². The molecular weight excluding hydrogens is 458 g/mol. The number of fused-ring (bicyclic) bond motifs is 4. The lowest BCUT2D eigenvalue weighted by molar-refractivity contribution is -0.117. The van der Waals surface area contributed by atoms with Gasteiger partial charge < -0.3 is 45.4 Å². The molecule has 2 aromatic carbocycles. The second kappa shape index (κ2) is 8.68. The number of aliphatic hydroxyl groups excluding tert-OH is 3. The Bertz CT molecular complexity index is 1170. The number of phenols is 1. The SMILES string of the molecule is CN(C)Cc1ccc(C(=O)N[C@H]2[C@H](O)[C@@H](O)[C@@H](O)[C@@H]3NC(=O)c4c(cc5c(c4O)OCO5)[C@@H]23)cc1. The van der Waals surface area contributed by atoms with Gasteiger partial charge in [-0.1, -0.05) is 12.1 Å². The minimum Gasteiger partial charge on any atom is -0.504 e. The van der Waals surface area contributed by atoms with E-state index in [0.717, 1.165) is 5.56 Å². The van der Waals surface area contributed by atoms with Crippen molar-refractivity contribution in [2.75, 3.05) is 20.9 Å². The van der Waals surface area contributed by atoms with Crippen molar-refractivity contribution in [1.82, 2.24) is 15.5 Å². The van der Waals surface area contributed by atoms with Gasteiger partial charge in [0.25, 0.3) is 11.8 Å². The van der Waals surface area contributed by atoms with Crippen LogP contribution >= 0.6 is 0 Å². The largest absolute Gasteiger partial charge is 0.504 e. The van der Waals surface area contributed by atoms with E-state index in [4.69, 9.17) is 9.47 Å². The second-order valence-corrected chi connectivity index (χ2v) is 9.35. The third kappa shape index (κ3) is 3.86. The van der Waals surface area contributed by atoms with Crippen LogP contribution in [-0.2, 0) is 6.54 Å². The minimum absolute atomic E-state index is 0.0210. The summed E-state index contributed by atoms with van der Waals surface area (Å²) in [6, 6.07) is 6.32. The van der Waals surface area contributed by atoms with Gasteiger partial charge >= 0.3 is 0 Å². The lowest BCUT2D eigenvalue weighted by atomic mass is 9.68.